The standard InChI is InChI=1S/C10H16N4O/c1-13-6-4-12-9(10(13)15)14-5-2-3-8(11)7-14/h4,6,8H,2-3,5,7,11H2,1H3. The predicted octanol–water partition coefficient (Wildman–Crippen LogP) is -0.292. The number of hydrogen-bond donors (Lipinski definition) is 1. The molecular formula is C10H16N4O. The minimum Gasteiger partial charge on any atom is -0.350 e. The van der Waals surface area contributed by atoms with Crippen molar-refractivity contribution in [2.75, 3.05) is 18.0 Å². The average molecular weight is 208 g/mol. The summed E-state index contributed by atoms with van der Waals surface area (Å²) in [6.45, 7) is 1.60. The molecule has 82 valence electrons. The highest BCUT2D eigenvalue weighted by Crippen LogP contribution is 2.12. The molecule has 5 nitrogen and oxygen atoms in total. The van der Waals surface area contributed by atoms with E-state index in [1.807, 2.05) is 4.90 Å². The summed E-state index contributed by atoms with van der Waals surface area (Å²) < 4.78 is 1.54. The first-order chi connectivity index (χ1) is 7.18. The van der Waals surface area contributed by atoms with Crippen molar-refractivity contribution in [3.63, 3.8) is 0 Å². The van der Waals surface area contributed by atoms with Gasteiger partial charge < -0.3 is 15.2 Å². The number of aromatic nitrogens is 2. The lowest BCUT2D eigenvalue weighted by molar-refractivity contribution is 0.500. The van der Waals surface area contributed by atoms with Crippen molar-refractivity contribution in [3.8, 4) is 0 Å². The molecule has 0 spiro atoms. The van der Waals surface area contributed by atoms with E-state index in [1.165, 1.54) is 0 Å². The fourth-order valence-electron chi connectivity index (χ4n) is 1.90. The molecule has 1 aromatic heterocycles. The third-order valence-corrected chi connectivity index (χ3v) is 2.76. The number of rotatable bonds is 1. The van der Waals surface area contributed by atoms with E-state index >= 15 is 0 Å². The lowest BCUT2D eigenvalue weighted by Crippen LogP contribution is -2.45. The Morgan fingerprint density at radius 2 is 2.40 bits per heavy atom. The normalized spacial score (nSPS) is 21.7. The van der Waals surface area contributed by atoms with Crippen molar-refractivity contribution in [1.29, 1.82) is 0 Å². The van der Waals surface area contributed by atoms with Gasteiger partial charge in [0.1, 0.15) is 0 Å². The topological polar surface area (TPSA) is 64.2 Å². The van der Waals surface area contributed by atoms with E-state index in [0.717, 1.165) is 25.9 Å². The molecule has 2 rings (SSSR count). The lowest BCUT2D eigenvalue weighted by Gasteiger charge is -2.31. The monoisotopic (exact) mass is 208 g/mol. The van der Waals surface area contributed by atoms with Gasteiger partial charge in [0.05, 0.1) is 0 Å². The van der Waals surface area contributed by atoms with Crippen LogP contribution in [0.1, 0.15) is 12.8 Å². The van der Waals surface area contributed by atoms with Gasteiger partial charge in [0.15, 0.2) is 5.82 Å². The maximum absolute atomic E-state index is 11.8. The van der Waals surface area contributed by atoms with Crippen LogP contribution in [0, 0.1) is 0 Å². The fraction of sp³-hybridized carbons (Fsp3) is 0.600. The molecule has 2 heterocycles. The van der Waals surface area contributed by atoms with Crippen LogP contribution >= 0.6 is 0 Å². The van der Waals surface area contributed by atoms with Gasteiger partial charge in [-0.25, -0.2) is 4.98 Å². The Morgan fingerprint density at radius 1 is 1.60 bits per heavy atom. The van der Waals surface area contributed by atoms with Gasteiger partial charge in [-0.1, -0.05) is 0 Å². The van der Waals surface area contributed by atoms with Gasteiger partial charge in [-0.15, -0.1) is 0 Å². The second-order valence-corrected chi connectivity index (χ2v) is 4.02. The number of aryl methyl sites for hydroxylation is 1. The molecule has 0 saturated carbocycles. The minimum absolute atomic E-state index is 0.0494. The Kier molecular flexibility index (Phi) is 2.73. The Morgan fingerprint density at radius 3 is 3.13 bits per heavy atom. The fourth-order valence-corrected chi connectivity index (χ4v) is 1.90. The van der Waals surface area contributed by atoms with E-state index in [1.54, 1.807) is 24.0 Å². The van der Waals surface area contributed by atoms with Crippen molar-refractivity contribution in [1.82, 2.24) is 9.55 Å². The quantitative estimate of drug-likeness (QED) is 0.688. The number of hydrogen-bond acceptors (Lipinski definition) is 4. The van der Waals surface area contributed by atoms with Crippen LogP contribution in [0.4, 0.5) is 5.82 Å². The van der Waals surface area contributed by atoms with Crippen LogP contribution in [-0.4, -0.2) is 28.7 Å². The largest absolute Gasteiger partial charge is 0.350 e. The molecule has 1 unspecified atom stereocenters. The molecule has 1 fully saturated rings. The van der Waals surface area contributed by atoms with Gasteiger partial charge in [0.25, 0.3) is 5.56 Å². The Hall–Kier alpha value is -1.36. The molecule has 1 aliphatic heterocycles. The molecule has 15 heavy (non-hydrogen) atoms. The molecule has 0 amide bonds. The summed E-state index contributed by atoms with van der Waals surface area (Å²) in [6.07, 6.45) is 5.37. The van der Waals surface area contributed by atoms with E-state index in [9.17, 15) is 4.79 Å². The highest BCUT2D eigenvalue weighted by Gasteiger charge is 2.20. The first-order valence-corrected chi connectivity index (χ1v) is 5.20. The minimum atomic E-state index is -0.0494. The van der Waals surface area contributed by atoms with Crippen LogP contribution in [0.25, 0.3) is 0 Å². The van der Waals surface area contributed by atoms with Gasteiger partial charge in [-0.3, -0.25) is 4.79 Å². The van der Waals surface area contributed by atoms with Crippen LogP contribution in [0.15, 0.2) is 17.2 Å². The molecule has 0 bridgehead atoms. The Bertz CT molecular complexity index is 401. The van der Waals surface area contributed by atoms with Crippen LogP contribution < -0.4 is 16.2 Å². The second-order valence-electron chi connectivity index (χ2n) is 4.02. The lowest BCUT2D eigenvalue weighted by atomic mass is 10.1. The smallest absolute Gasteiger partial charge is 0.293 e. The van der Waals surface area contributed by atoms with E-state index in [-0.39, 0.29) is 11.6 Å². The molecule has 0 aliphatic carbocycles. The van der Waals surface area contributed by atoms with Gasteiger partial charge in [0, 0.05) is 38.6 Å². The third-order valence-electron chi connectivity index (χ3n) is 2.76. The molecule has 0 aromatic carbocycles. The van der Waals surface area contributed by atoms with Crippen LogP contribution in [-0.2, 0) is 7.05 Å². The first kappa shape index (κ1) is 10.2. The molecule has 1 aromatic rings. The summed E-state index contributed by atoms with van der Waals surface area (Å²) in [5, 5.41) is 0. The van der Waals surface area contributed by atoms with Crippen molar-refractivity contribution in [3.05, 3.63) is 22.7 Å². The van der Waals surface area contributed by atoms with Crippen molar-refractivity contribution in [2.24, 2.45) is 12.8 Å². The number of nitrogens with zero attached hydrogens (tertiary/aromatic N) is 3. The summed E-state index contributed by atoms with van der Waals surface area (Å²) in [6, 6.07) is 0.158. The van der Waals surface area contributed by atoms with E-state index in [2.05, 4.69) is 4.98 Å². The van der Waals surface area contributed by atoms with Crippen molar-refractivity contribution >= 4 is 5.82 Å². The zero-order valence-corrected chi connectivity index (χ0v) is 8.89. The summed E-state index contributed by atoms with van der Waals surface area (Å²) in [7, 11) is 1.73. The first-order valence-electron chi connectivity index (χ1n) is 5.20. The third kappa shape index (κ3) is 2.02. The molecule has 2 N–H and O–H groups in total. The van der Waals surface area contributed by atoms with Crippen LogP contribution in [0.3, 0.4) is 0 Å². The van der Waals surface area contributed by atoms with Gasteiger partial charge in [-0.05, 0) is 12.8 Å². The maximum atomic E-state index is 11.8. The molecular weight excluding hydrogens is 192 g/mol. The molecule has 1 saturated heterocycles. The van der Waals surface area contributed by atoms with E-state index in [4.69, 9.17) is 5.73 Å². The Balaban J connectivity index is 2.29. The second kappa shape index (κ2) is 4.02. The zero-order valence-electron chi connectivity index (χ0n) is 8.89. The molecule has 0 radical (unpaired) electrons. The van der Waals surface area contributed by atoms with Gasteiger partial charge >= 0.3 is 0 Å². The summed E-state index contributed by atoms with van der Waals surface area (Å²) in [5.41, 5.74) is 5.82. The number of anilines is 1. The maximum Gasteiger partial charge on any atom is 0.293 e. The zero-order chi connectivity index (χ0) is 10.8. The summed E-state index contributed by atoms with van der Waals surface area (Å²) in [4.78, 5) is 17.9. The predicted molar refractivity (Wildman–Crippen MR) is 58.9 cm³/mol. The van der Waals surface area contributed by atoms with Crippen LogP contribution in [0.5, 0.6) is 0 Å². The summed E-state index contributed by atoms with van der Waals surface area (Å²) in [5.74, 6) is 0.523. The SMILES string of the molecule is Cn1ccnc(N2CCCC(N)C2)c1=O. The molecule has 1 aliphatic rings. The molecule has 1 atom stereocenters. The van der Waals surface area contributed by atoms with Crippen molar-refractivity contribution < 1.29 is 0 Å². The van der Waals surface area contributed by atoms with Gasteiger partial charge in [-0.2, -0.15) is 0 Å². The van der Waals surface area contributed by atoms with Gasteiger partial charge in [0.2, 0.25) is 0 Å². The molecule has 5 heteroatoms. The van der Waals surface area contributed by atoms with E-state index in [0.29, 0.717) is 5.82 Å². The number of piperidine rings is 1. The van der Waals surface area contributed by atoms with E-state index < -0.39 is 0 Å². The highest BCUT2D eigenvalue weighted by molar-refractivity contribution is 5.36. The van der Waals surface area contributed by atoms with Crippen molar-refractivity contribution in [2.45, 2.75) is 18.9 Å². The van der Waals surface area contributed by atoms with Crippen LogP contribution in [0.2, 0.25) is 0 Å². The highest BCUT2D eigenvalue weighted by atomic mass is 16.1. The number of nitrogens with two attached hydrogens (primary N) is 1. The summed E-state index contributed by atoms with van der Waals surface area (Å²) >= 11 is 0. The Labute approximate surface area is 88.5 Å². The average Bonchev–Trinajstić information content (AvgIpc) is 2.22.